The molecule has 0 saturated carbocycles. The molecule has 160 valence electrons. The molecule has 5 rings (SSSR count). The first-order valence-electron chi connectivity index (χ1n) is 10.6. The molecule has 0 aliphatic carbocycles. The number of aryl methyl sites for hydroxylation is 3. The molecule has 32 heavy (non-hydrogen) atoms. The summed E-state index contributed by atoms with van der Waals surface area (Å²) in [5.74, 6) is -0.0265. The minimum absolute atomic E-state index is 0.0265. The number of fused-ring (bicyclic) bond motifs is 2. The van der Waals surface area contributed by atoms with Gasteiger partial charge in [0.25, 0.3) is 0 Å². The molecule has 0 fully saturated rings. The number of nitrogens with zero attached hydrogens (tertiary/aromatic N) is 5. The molecule has 0 aliphatic heterocycles. The Balaban J connectivity index is 1.27. The van der Waals surface area contributed by atoms with Crippen LogP contribution in [0, 0.1) is 20.8 Å². The highest BCUT2D eigenvalue weighted by molar-refractivity contribution is 5.91. The van der Waals surface area contributed by atoms with Crippen LogP contribution in [-0.2, 0) is 11.2 Å². The van der Waals surface area contributed by atoms with Crippen molar-refractivity contribution in [3.8, 4) is 5.69 Å². The lowest BCUT2D eigenvalue weighted by atomic mass is 10.1. The zero-order chi connectivity index (χ0) is 22.2. The molecular weight excluding hydrogens is 400 g/mol. The summed E-state index contributed by atoms with van der Waals surface area (Å²) in [6.07, 6.45) is 2.81. The van der Waals surface area contributed by atoms with E-state index < -0.39 is 0 Å². The smallest absolute Gasteiger partial charge is 0.224 e. The molecule has 0 unspecified atom stereocenters. The third kappa shape index (κ3) is 3.62. The van der Waals surface area contributed by atoms with E-state index in [1.165, 1.54) is 0 Å². The number of aromatic nitrogens is 5. The van der Waals surface area contributed by atoms with Crippen molar-refractivity contribution in [2.24, 2.45) is 0 Å². The van der Waals surface area contributed by atoms with Crippen LogP contribution in [0.5, 0.6) is 0 Å². The Morgan fingerprint density at radius 2 is 1.81 bits per heavy atom. The third-order valence-corrected chi connectivity index (χ3v) is 5.77. The molecule has 1 amide bonds. The topological polar surface area (TPSA) is 77.1 Å². The summed E-state index contributed by atoms with van der Waals surface area (Å²) in [6.45, 7) is 5.97. The van der Waals surface area contributed by atoms with Crippen molar-refractivity contribution in [2.45, 2.75) is 33.6 Å². The van der Waals surface area contributed by atoms with Gasteiger partial charge in [-0.15, -0.1) is 0 Å². The van der Waals surface area contributed by atoms with Crippen molar-refractivity contribution in [3.63, 3.8) is 0 Å². The fourth-order valence-electron chi connectivity index (χ4n) is 4.14. The number of hydrogen-bond donors (Lipinski definition) is 1. The van der Waals surface area contributed by atoms with Crippen LogP contribution in [0.1, 0.15) is 29.1 Å². The number of hydrogen-bond acceptors (Lipinski definition) is 4. The molecule has 1 N–H and O–H groups in total. The number of imidazole rings is 1. The van der Waals surface area contributed by atoms with Crippen LogP contribution in [-0.4, -0.2) is 30.1 Å². The number of amides is 1. The molecule has 0 bridgehead atoms. The highest BCUT2D eigenvalue weighted by atomic mass is 16.1. The number of anilines is 1. The third-order valence-electron chi connectivity index (χ3n) is 5.77. The lowest BCUT2D eigenvalue weighted by Crippen LogP contribution is -2.14. The van der Waals surface area contributed by atoms with Crippen molar-refractivity contribution < 1.29 is 4.79 Å². The number of nitrogens with one attached hydrogen (secondary N) is 1. The van der Waals surface area contributed by atoms with Crippen LogP contribution in [0.15, 0.2) is 60.9 Å². The Hall–Kier alpha value is -4.00. The maximum absolute atomic E-state index is 12.6. The van der Waals surface area contributed by atoms with Crippen LogP contribution in [0.2, 0.25) is 0 Å². The van der Waals surface area contributed by atoms with Crippen molar-refractivity contribution in [1.82, 2.24) is 24.1 Å². The number of benzene rings is 2. The maximum Gasteiger partial charge on any atom is 0.224 e. The average Bonchev–Trinajstić information content (AvgIpc) is 3.37. The largest absolute Gasteiger partial charge is 0.326 e. The highest BCUT2D eigenvalue weighted by Crippen LogP contribution is 2.21. The van der Waals surface area contributed by atoms with Gasteiger partial charge in [-0.05, 0) is 69.2 Å². The summed E-state index contributed by atoms with van der Waals surface area (Å²) in [5.41, 5.74) is 8.59. The minimum atomic E-state index is -0.0265. The average molecular weight is 425 g/mol. The molecule has 0 spiro atoms. The predicted molar refractivity (Wildman–Crippen MR) is 125 cm³/mol. The van der Waals surface area contributed by atoms with E-state index in [4.69, 9.17) is 0 Å². The monoisotopic (exact) mass is 424 g/mol. The zero-order valence-electron chi connectivity index (χ0n) is 18.3. The number of carbonyl (C=O) groups is 1. The van der Waals surface area contributed by atoms with Gasteiger partial charge in [0, 0.05) is 35.2 Å². The Morgan fingerprint density at radius 1 is 1.03 bits per heavy atom. The zero-order valence-corrected chi connectivity index (χ0v) is 18.3. The van der Waals surface area contributed by atoms with E-state index in [1.54, 1.807) is 0 Å². The molecule has 3 heterocycles. The van der Waals surface area contributed by atoms with Gasteiger partial charge in [-0.2, -0.15) is 5.10 Å². The van der Waals surface area contributed by atoms with Gasteiger partial charge in [0.1, 0.15) is 6.33 Å². The van der Waals surface area contributed by atoms with Gasteiger partial charge < -0.3 is 5.32 Å². The number of para-hydroxylation sites is 2. The molecule has 0 aliphatic rings. The first kappa shape index (κ1) is 19.9. The van der Waals surface area contributed by atoms with Crippen LogP contribution in [0.3, 0.4) is 0 Å². The molecule has 0 radical (unpaired) electrons. The van der Waals surface area contributed by atoms with Gasteiger partial charge in [0.15, 0.2) is 5.65 Å². The lowest BCUT2D eigenvalue weighted by Gasteiger charge is -2.11. The van der Waals surface area contributed by atoms with Gasteiger partial charge >= 0.3 is 0 Å². The van der Waals surface area contributed by atoms with E-state index >= 15 is 0 Å². The summed E-state index contributed by atoms with van der Waals surface area (Å²) in [4.78, 5) is 21.7. The Labute approximate surface area is 185 Å². The SMILES string of the molecule is Cc1cc2nc(C)c(CCC(=O)Nc3ccc(-n4cnc5ccccc54)cc3)c(C)n2n1. The minimum Gasteiger partial charge on any atom is -0.326 e. The molecule has 7 nitrogen and oxygen atoms in total. The first-order valence-corrected chi connectivity index (χ1v) is 10.6. The lowest BCUT2D eigenvalue weighted by molar-refractivity contribution is -0.116. The van der Waals surface area contributed by atoms with E-state index in [0.717, 1.165) is 50.7 Å². The van der Waals surface area contributed by atoms with Gasteiger partial charge in [-0.3, -0.25) is 9.36 Å². The van der Waals surface area contributed by atoms with Crippen molar-refractivity contribution in [2.75, 3.05) is 5.32 Å². The standard InChI is InChI=1S/C25H24N6O/c1-16-14-24-27-17(2)21(18(3)31(24)29-16)12-13-25(32)28-19-8-10-20(11-9-19)30-15-26-22-6-4-5-7-23(22)30/h4-11,14-15H,12-13H2,1-3H3,(H,28,32). The molecule has 5 aromatic rings. The highest BCUT2D eigenvalue weighted by Gasteiger charge is 2.13. The summed E-state index contributed by atoms with van der Waals surface area (Å²) in [5, 5.41) is 7.50. The summed E-state index contributed by atoms with van der Waals surface area (Å²) >= 11 is 0. The van der Waals surface area contributed by atoms with E-state index in [9.17, 15) is 4.79 Å². The number of rotatable bonds is 5. The second-order valence-electron chi connectivity index (χ2n) is 8.02. The van der Waals surface area contributed by atoms with Crippen molar-refractivity contribution in [3.05, 3.63) is 83.6 Å². The molecule has 2 aromatic carbocycles. The van der Waals surface area contributed by atoms with E-state index in [2.05, 4.69) is 20.4 Å². The van der Waals surface area contributed by atoms with Gasteiger partial charge in [-0.25, -0.2) is 14.5 Å². The molecule has 3 aromatic heterocycles. The molecule has 0 atom stereocenters. The fourth-order valence-corrected chi connectivity index (χ4v) is 4.14. The van der Waals surface area contributed by atoms with Crippen LogP contribution >= 0.6 is 0 Å². The summed E-state index contributed by atoms with van der Waals surface area (Å²) in [6, 6.07) is 17.8. The second kappa shape index (κ2) is 7.92. The van der Waals surface area contributed by atoms with Crippen molar-refractivity contribution >= 4 is 28.3 Å². The van der Waals surface area contributed by atoms with Gasteiger partial charge in [-0.1, -0.05) is 12.1 Å². The van der Waals surface area contributed by atoms with Crippen LogP contribution in [0.4, 0.5) is 5.69 Å². The van der Waals surface area contributed by atoms with E-state index in [0.29, 0.717) is 12.8 Å². The van der Waals surface area contributed by atoms with Gasteiger partial charge in [0.05, 0.1) is 16.7 Å². The fraction of sp³-hybridized carbons (Fsp3) is 0.200. The van der Waals surface area contributed by atoms with Gasteiger partial charge in [0.2, 0.25) is 5.91 Å². The maximum atomic E-state index is 12.6. The van der Waals surface area contributed by atoms with E-state index in [-0.39, 0.29) is 5.91 Å². The molecular formula is C25H24N6O. The quantitative estimate of drug-likeness (QED) is 0.449. The van der Waals surface area contributed by atoms with Crippen LogP contribution < -0.4 is 5.32 Å². The van der Waals surface area contributed by atoms with E-state index in [1.807, 2.05) is 90.8 Å². The number of carbonyl (C=O) groups excluding carboxylic acids is 1. The Bertz CT molecular complexity index is 1450. The normalized spacial score (nSPS) is 11.3. The summed E-state index contributed by atoms with van der Waals surface area (Å²) in [7, 11) is 0. The Kier molecular flexibility index (Phi) is 4.93. The molecule has 0 saturated heterocycles. The van der Waals surface area contributed by atoms with Crippen molar-refractivity contribution in [1.29, 1.82) is 0 Å². The molecule has 7 heteroatoms. The predicted octanol–water partition coefficient (Wildman–Crippen LogP) is 4.56. The Morgan fingerprint density at radius 3 is 2.62 bits per heavy atom. The first-order chi connectivity index (χ1) is 15.5. The second-order valence-corrected chi connectivity index (χ2v) is 8.02. The summed E-state index contributed by atoms with van der Waals surface area (Å²) < 4.78 is 3.89. The van der Waals surface area contributed by atoms with Crippen LogP contribution in [0.25, 0.3) is 22.4 Å².